The van der Waals surface area contributed by atoms with E-state index in [4.69, 9.17) is 4.42 Å². The van der Waals surface area contributed by atoms with Crippen molar-refractivity contribution in [2.24, 2.45) is 0 Å². The normalized spacial score (nSPS) is 10.7. The van der Waals surface area contributed by atoms with E-state index in [2.05, 4.69) is 21.2 Å². The van der Waals surface area contributed by atoms with Gasteiger partial charge in [-0.2, -0.15) is 0 Å². The highest BCUT2D eigenvalue weighted by Gasteiger charge is 2.12. The molecule has 3 aromatic rings. The van der Waals surface area contributed by atoms with Crippen molar-refractivity contribution >= 4 is 38.5 Å². The topological polar surface area (TPSA) is 62.5 Å². The van der Waals surface area contributed by atoms with Crippen LogP contribution in [0.15, 0.2) is 57.4 Å². The zero-order chi connectivity index (χ0) is 14.1. The van der Waals surface area contributed by atoms with Gasteiger partial charge in [-0.3, -0.25) is 4.79 Å². The minimum Gasteiger partial charge on any atom is -0.508 e. The van der Waals surface area contributed by atoms with Crippen LogP contribution in [0.25, 0.3) is 11.0 Å². The van der Waals surface area contributed by atoms with Crippen LogP contribution in [-0.2, 0) is 0 Å². The highest BCUT2D eigenvalue weighted by atomic mass is 79.9. The van der Waals surface area contributed by atoms with Crippen LogP contribution in [-0.4, -0.2) is 11.0 Å². The van der Waals surface area contributed by atoms with E-state index in [0.717, 1.165) is 9.86 Å². The second-order valence-electron chi connectivity index (χ2n) is 4.30. The first-order chi connectivity index (χ1) is 9.61. The molecule has 0 atom stereocenters. The van der Waals surface area contributed by atoms with E-state index in [9.17, 15) is 9.90 Å². The van der Waals surface area contributed by atoms with Crippen LogP contribution in [0.4, 0.5) is 5.69 Å². The van der Waals surface area contributed by atoms with Crippen LogP contribution in [0.5, 0.6) is 5.75 Å². The van der Waals surface area contributed by atoms with Crippen molar-refractivity contribution < 1.29 is 14.3 Å². The lowest BCUT2D eigenvalue weighted by molar-refractivity contribution is 0.0998. The summed E-state index contributed by atoms with van der Waals surface area (Å²) in [6, 6.07) is 13.6. The van der Waals surface area contributed by atoms with Crippen LogP contribution >= 0.6 is 15.9 Å². The molecular formula is C15H10BrNO3. The smallest absolute Gasteiger partial charge is 0.291 e. The van der Waals surface area contributed by atoms with Crippen LogP contribution in [0.1, 0.15) is 10.6 Å². The number of phenolic OH excluding ortho intramolecular Hbond substituents is 1. The molecule has 100 valence electrons. The maximum absolute atomic E-state index is 12.1. The number of halogens is 1. The van der Waals surface area contributed by atoms with Gasteiger partial charge in [0.25, 0.3) is 5.91 Å². The lowest BCUT2D eigenvalue weighted by atomic mass is 10.2. The van der Waals surface area contributed by atoms with E-state index in [1.165, 1.54) is 12.1 Å². The van der Waals surface area contributed by atoms with E-state index >= 15 is 0 Å². The Morgan fingerprint density at radius 3 is 2.80 bits per heavy atom. The quantitative estimate of drug-likeness (QED) is 0.741. The van der Waals surface area contributed by atoms with Crippen molar-refractivity contribution in [3.63, 3.8) is 0 Å². The van der Waals surface area contributed by atoms with Crippen LogP contribution in [0, 0.1) is 0 Å². The summed E-state index contributed by atoms with van der Waals surface area (Å²) in [7, 11) is 0. The van der Waals surface area contributed by atoms with Gasteiger partial charge in [0.1, 0.15) is 11.3 Å². The monoisotopic (exact) mass is 331 g/mol. The van der Waals surface area contributed by atoms with Crippen molar-refractivity contribution in [2.75, 3.05) is 5.32 Å². The van der Waals surface area contributed by atoms with Crippen molar-refractivity contribution in [2.45, 2.75) is 0 Å². The molecule has 3 rings (SSSR count). The van der Waals surface area contributed by atoms with Gasteiger partial charge in [-0.1, -0.05) is 22.0 Å². The SMILES string of the molecule is O=C(Nc1cccc(O)c1)c1cc2ccc(Br)cc2o1. The molecule has 2 aromatic carbocycles. The molecule has 0 saturated heterocycles. The molecule has 0 unspecified atom stereocenters. The minimum absolute atomic E-state index is 0.0938. The highest BCUT2D eigenvalue weighted by Crippen LogP contribution is 2.24. The van der Waals surface area contributed by atoms with Gasteiger partial charge in [-0.15, -0.1) is 0 Å². The number of carbonyl (C=O) groups excluding carboxylic acids is 1. The summed E-state index contributed by atoms with van der Waals surface area (Å²) < 4.78 is 6.40. The molecule has 5 heteroatoms. The van der Waals surface area contributed by atoms with Crippen LogP contribution in [0.2, 0.25) is 0 Å². The fourth-order valence-corrected chi connectivity index (χ4v) is 2.23. The second kappa shape index (κ2) is 5.02. The average Bonchev–Trinajstić information content (AvgIpc) is 2.81. The molecule has 20 heavy (non-hydrogen) atoms. The van der Waals surface area contributed by atoms with E-state index < -0.39 is 0 Å². The first-order valence-corrected chi connectivity index (χ1v) is 6.70. The van der Waals surface area contributed by atoms with E-state index in [1.54, 1.807) is 24.3 Å². The lowest BCUT2D eigenvalue weighted by Crippen LogP contribution is -2.10. The summed E-state index contributed by atoms with van der Waals surface area (Å²) in [6.07, 6.45) is 0. The molecule has 0 fully saturated rings. The average molecular weight is 332 g/mol. The van der Waals surface area contributed by atoms with Gasteiger partial charge < -0.3 is 14.8 Å². The number of fused-ring (bicyclic) bond motifs is 1. The molecule has 0 spiro atoms. The van der Waals surface area contributed by atoms with Crippen molar-refractivity contribution in [1.82, 2.24) is 0 Å². The molecule has 0 saturated carbocycles. The maximum Gasteiger partial charge on any atom is 0.291 e. The molecule has 1 amide bonds. The summed E-state index contributed by atoms with van der Waals surface area (Å²) in [4.78, 5) is 12.1. The first kappa shape index (κ1) is 12.7. The Labute approximate surface area is 123 Å². The highest BCUT2D eigenvalue weighted by molar-refractivity contribution is 9.10. The van der Waals surface area contributed by atoms with Gasteiger partial charge in [-0.25, -0.2) is 0 Å². The molecule has 0 aliphatic carbocycles. The van der Waals surface area contributed by atoms with Crippen molar-refractivity contribution in [1.29, 1.82) is 0 Å². The van der Waals surface area contributed by atoms with E-state index in [0.29, 0.717) is 11.3 Å². The Hall–Kier alpha value is -2.27. The molecule has 0 bridgehead atoms. The van der Waals surface area contributed by atoms with Gasteiger partial charge in [0, 0.05) is 21.6 Å². The van der Waals surface area contributed by atoms with Crippen molar-refractivity contribution in [3.8, 4) is 5.75 Å². The molecule has 0 aliphatic rings. The number of nitrogens with one attached hydrogen (secondary N) is 1. The van der Waals surface area contributed by atoms with E-state index in [-0.39, 0.29) is 17.4 Å². The van der Waals surface area contributed by atoms with Gasteiger partial charge in [0.05, 0.1) is 0 Å². The zero-order valence-electron chi connectivity index (χ0n) is 10.3. The molecule has 0 aliphatic heterocycles. The Balaban J connectivity index is 1.88. The molecule has 0 radical (unpaired) electrons. The van der Waals surface area contributed by atoms with Crippen LogP contribution in [0.3, 0.4) is 0 Å². The summed E-state index contributed by atoms with van der Waals surface area (Å²) in [5, 5.41) is 12.9. The molecular weight excluding hydrogens is 322 g/mol. The second-order valence-corrected chi connectivity index (χ2v) is 5.21. The number of hydrogen-bond acceptors (Lipinski definition) is 3. The van der Waals surface area contributed by atoms with Gasteiger partial charge in [-0.05, 0) is 36.4 Å². The predicted octanol–water partition coefficient (Wildman–Crippen LogP) is 4.15. The number of furan rings is 1. The Morgan fingerprint density at radius 1 is 1.15 bits per heavy atom. The maximum atomic E-state index is 12.1. The fourth-order valence-electron chi connectivity index (χ4n) is 1.89. The van der Waals surface area contributed by atoms with E-state index in [1.807, 2.05) is 12.1 Å². The van der Waals surface area contributed by atoms with Gasteiger partial charge in [0.15, 0.2) is 5.76 Å². The Kier molecular flexibility index (Phi) is 3.20. The number of aromatic hydroxyl groups is 1. The predicted molar refractivity (Wildman–Crippen MR) is 80.0 cm³/mol. The first-order valence-electron chi connectivity index (χ1n) is 5.91. The number of rotatable bonds is 2. The number of carbonyl (C=O) groups is 1. The summed E-state index contributed by atoms with van der Waals surface area (Å²) >= 11 is 3.35. The Bertz CT molecular complexity index is 795. The largest absolute Gasteiger partial charge is 0.508 e. The lowest BCUT2D eigenvalue weighted by Gasteiger charge is -2.02. The molecule has 4 nitrogen and oxygen atoms in total. The standard InChI is InChI=1S/C15H10BrNO3/c16-10-5-4-9-6-14(20-13(9)7-10)15(19)17-11-2-1-3-12(18)8-11/h1-8,18H,(H,17,19). The molecule has 2 N–H and O–H groups in total. The number of benzene rings is 2. The van der Waals surface area contributed by atoms with Gasteiger partial charge >= 0.3 is 0 Å². The number of amides is 1. The van der Waals surface area contributed by atoms with Crippen molar-refractivity contribution in [3.05, 3.63) is 58.8 Å². The third-order valence-corrected chi connectivity index (χ3v) is 3.30. The molecule has 1 aromatic heterocycles. The summed E-state index contributed by atoms with van der Waals surface area (Å²) in [6.45, 7) is 0. The fraction of sp³-hybridized carbons (Fsp3) is 0. The molecule has 1 heterocycles. The van der Waals surface area contributed by atoms with Gasteiger partial charge in [0.2, 0.25) is 0 Å². The number of phenols is 1. The third kappa shape index (κ3) is 2.53. The van der Waals surface area contributed by atoms with Crippen LogP contribution < -0.4 is 5.32 Å². The minimum atomic E-state index is -0.358. The Morgan fingerprint density at radius 2 is 2.00 bits per heavy atom. The summed E-state index contributed by atoms with van der Waals surface area (Å²) in [5.74, 6) is -0.0410. The zero-order valence-corrected chi connectivity index (χ0v) is 11.8. The third-order valence-electron chi connectivity index (χ3n) is 2.81. The number of hydrogen-bond donors (Lipinski definition) is 2. The summed E-state index contributed by atoms with van der Waals surface area (Å²) in [5.41, 5.74) is 1.15. The number of anilines is 1.